The van der Waals surface area contributed by atoms with Gasteiger partial charge in [0.2, 0.25) is 0 Å². The molecule has 21 heavy (non-hydrogen) atoms. The summed E-state index contributed by atoms with van der Waals surface area (Å²) < 4.78 is 24.2. The Kier molecular flexibility index (Phi) is 4.52. The second kappa shape index (κ2) is 6.35. The average molecular weight is 290 g/mol. The Balaban J connectivity index is 2.12. The van der Waals surface area contributed by atoms with Crippen LogP contribution in [0.2, 0.25) is 0 Å². The van der Waals surface area contributed by atoms with Gasteiger partial charge in [0.1, 0.15) is 12.4 Å². The van der Waals surface area contributed by atoms with Gasteiger partial charge < -0.3 is 20.1 Å². The minimum atomic E-state index is -0.409. The van der Waals surface area contributed by atoms with Crippen molar-refractivity contribution in [3.8, 4) is 11.5 Å². The van der Waals surface area contributed by atoms with Crippen molar-refractivity contribution in [1.29, 1.82) is 0 Å². The van der Waals surface area contributed by atoms with Gasteiger partial charge in [-0.1, -0.05) is 6.07 Å². The van der Waals surface area contributed by atoms with Gasteiger partial charge in [-0.05, 0) is 29.8 Å². The smallest absolute Gasteiger partial charge is 0.165 e. The number of hydrogen-bond acceptors (Lipinski definition) is 4. The molecule has 4 nitrogen and oxygen atoms in total. The molecule has 5 heteroatoms. The highest BCUT2D eigenvalue weighted by atomic mass is 19.1. The van der Waals surface area contributed by atoms with Crippen LogP contribution < -0.4 is 20.1 Å². The van der Waals surface area contributed by atoms with E-state index < -0.39 is 5.82 Å². The van der Waals surface area contributed by atoms with Crippen molar-refractivity contribution in [1.82, 2.24) is 0 Å². The Bertz CT molecular complexity index is 630. The van der Waals surface area contributed by atoms with Crippen LogP contribution in [-0.4, -0.2) is 21.2 Å². The summed E-state index contributed by atoms with van der Waals surface area (Å²) >= 11 is 0. The molecule has 2 aromatic rings. The molecule has 0 saturated carbocycles. The van der Waals surface area contributed by atoms with Crippen LogP contribution in [0.4, 0.5) is 15.8 Å². The fraction of sp³-hybridized carbons (Fsp3) is 0.250. The molecule has 0 fully saturated rings. The van der Waals surface area contributed by atoms with Crippen molar-refractivity contribution in [3.63, 3.8) is 0 Å². The third kappa shape index (κ3) is 3.56. The Morgan fingerprint density at radius 3 is 2.48 bits per heavy atom. The summed E-state index contributed by atoms with van der Waals surface area (Å²) in [7, 11) is 5.31. The molecule has 0 saturated heterocycles. The lowest BCUT2D eigenvalue weighted by Crippen LogP contribution is -2.09. The van der Waals surface area contributed by atoms with Gasteiger partial charge in [0, 0.05) is 25.8 Å². The number of benzene rings is 2. The number of halogens is 1. The Labute approximate surface area is 123 Å². The summed E-state index contributed by atoms with van der Waals surface area (Å²) in [5.41, 5.74) is 8.14. The van der Waals surface area contributed by atoms with Crippen molar-refractivity contribution in [2.24, 2.45) is 0 Å². The molecule has 0 aliphatic heterocycles. The minimum absolute atomic E-state index is 0.216. The zero-order valence-electron chi connectivity index (χ0n) is 12.4. The minimum Gasteiger partial charge on any atom is -0.494 e. The molecule has 0 aromatic heterocycles. The molecule has 0 amide bonds. The first-order valence-corrected chi connectivity index (χ1v) is 6.53. The second-order valence-corrected chi connectivity index (χ2v) is 4.87. The first kappa shape index (κ1) is 15.0. The maximum atomic E-state index is 13.6. The predicted molar refractivity (Wildman–Crippen MR) is 82.5 cm³/mol. The standard InChI is InChI=1S/C16H19FN2O2/c1-19(2)12-5-6-14(18)16(9-12)21-10-11-4-7-15(20-3)13(17)8-11/h4-9H,10,18H2,1-3H3. The molecular weight excluding hydrogens is 271 g/mol. The van der Waals surface area contributed by atoms with Gasteiger partial charge in [0.05, 0.1) is 12.8 Å². The van der Waals surface area contributed by atoms with Crippen molar-refractivity contribution >= 4 is 11.4 Å². The number of ether oxygens (including phenoxy) is 2. The first-order valence-electron chi connectivity index (χ1n) is 6.53. The molecule has 0 aliphatic carbocycles. The number of anilines is 2. The molecule has 0 bridgehead atoms. The fourth-order valence-corrected chi connectivity index (χ4v) is 1.89. The summed E-state index contributed by atoms with van der Waals surface area (Å²) in [4.78, 5) is 1.96. The molecule has 0 heterocycles. The van der Waals surface area contributed by atoms with Crippen LogP contribution in [0.15, 0.2) is 36.4 Å². The lowest BCUT2D eigenvalue weighted by Gasteiger charge is -2.16. The number of nitrogens with zero attached hydrogens (tertiary/aromatic N) is 1. The summed E-state index contributed by atoms with van der Waals surface area (Å²) in [6, 6.07) is 10.3. The maximum Gasteiger partial charge on any atom is 0.165 e. The van der Waals surface area contributed by atoms with Crippen LogP contribution in [0.1, 0.15) is 5.56 Å². The van der Waals surface area contributed by atoms with Crippen LogP contribution in [0, 0.1) is 5.82 Å². The zero-order valence-corrected chi connectivity index (χ0v) is 12.4. The van der Waals surface area contributed by atoms with Gasteiger partial charge in [-0.2, -0.15) is 0 Å². The zero-order chi connectivity index (χ0) is 15.4. The van der Waals surface area contributed by atoms with Gasteiger partial charge in [-0.3, -0.25) is 0 Å². The van der Waals surface area contributed by atoms with E-state index in [0.29, 0.717) is 17.0 Å². The third-order valence-electron chi connectivity index (χ3n) is 3.12. The van der Waals surface area contributed by atoms with Crippen molar-refractivity contribution in [3.05, 3.63) is 47.8 Å². The Morgan fingerprint density at radius 1 is 1.10 bits per heavy atom. The van der Waals surface area contributed by atoms with E-state index >= 15 is 0 Å². The topological polar surface area (TPSA) is 47.7 Å². The molecule has 2 N–H and O–H groups in total. The summed E-state index contributed by atoms with van der Waals surface area (Å²) in [6.45, 7) is 0.238. The van der Waals surface area contributed by atoms with Gasteiger partial charge in [-0.25, -0.2) is 4.39 Å². The highest BCUT2D eigenvalue weighted by molar-refractivity contribution is 5.61. The average Bonchev–Trinajstić information content (AvgIpc) is 2.46. The van der Waals surface area contributed by atoms with E-state index in [1.165, 1.54) is 13.2 Å². The van der Waals surface area contributed by atoms with Crippen molar-refractivity contribution < 1.29 is 13.9 Å². The predicted octanol–water partition coefficient (Wildman–Crippen LogP) is 3.06. The quantitative estimate of drug-likeness (QED) is 0.860. The second-order valence-electron chi connectivity index (χ2n) is 4.87. The first-order chi connectivity index (χ1) is 10.0. The van der Waals surface area contributed by atoms with Crippen LogP contribution in [0.5, 0.6) is 11.5 Å². The SMILES string of the molecule is COc1ccc(COc2cc(N(C)C)ccc2N)cc1F. The fourth-order valence-electron chi connectivity index (χ4n) is 1.89. The molecule has 2 rings (SSSR count). The van der Waals surface area contributed by atoms with Crippen LogP contribution >= 0.6 is 0 Å². The Morgan fingerprint density at radius 2 is 1.86 bits per heavy atom. The molecule has 0 radical (unpaired) electrons. The molecule has 0 unspecified atom stereocenters. The largest absolute Gasteiger partial charge is 0.494 e. The van der Waals surface area contributed by atoms with Gasteiger partial charge >= 0.3 is 0 Å². The number of methoxy groups -OCH3 is 1. The normalized spacial score (nSPS) is 10.3. The van der Waals surface area contributed by atoms with Gasteiger partial charge in [0.15, 0.2) is 11.6 Å². The van der Waals surface area contributed by atoms with E-state index in [1.54, 1.807) is 18.2 Å². The molecular formula is C16H19FN2O2. The highest BCUT2D eigenvalue weighted by Crippen LogP contribution is 2.28. The van der Waals surface area contributed by atoms with Crippen molar-refractivity contribution in [2.75, 3.05) is 31.8 Å². The number of nitrogens with two attached hydrogens (primary N) is 1. The summed E-state index contributed by atoms with van der Waals surface area (Å²) in [5, 5.41) is 0. The molecule has 112 valence electrons. The van der Waals surface area contributed by atoms with E-state index in [0.717, 1.165) is 5.69 Å². The monoisotopic (exact) mass is 290 g/mol. The van der Waals surface area contributed by atoms with E-state index in [2.05, 4.69) is 0 Å². The molecule has 2 aromatic carbocycles. The molecule has 0 spiro atoms. The lowest BCUT2D eigenvalue weighted by atomic mass is 10.2. The van der Waals surface area contributed by atoms with Gasteiger partial charge in [-0.15, -0.1) is 0 Å². The summed E-state index contributed by atoms with van der Waals surface area (Å²) in [5.74, 6) is 0.388. The maximum absolute atomic E-state index is 13.6. The van der Waals surface area contributed by atoms with Crippen LogP contribution in [0.25, 0.3) is 0 Å². The van der Waals surface area contributed by atoms with Gasteiger partial charge in [0.25, 0.3) is 0 Å². The molecule has 0 atom stereocenters. The van der Waals surface area contributed by atoms with E-state index in [9.17, 15) is 4.39 Å². The highest BCUT2D eigenvalue weighted by Gasteiger charge is 2.07. The molecule has 0 aliphatic rings. The summed E-state index contributed by atoms with van der Waals surface area (Å²) in [6.07, 6.45) is 0. The van der Waals surface area contributed by atoms with Crippen LogP contribution in [0.3, 0.4) is 0 Å². The van der Waals surface area contributed by atoms with E-state index in [1.807, 2.05) is 31.1 Å². The number of rotatable bonds is 5. The third-order valence-corrected chi connectivity index (χ3v) is 3.12. The van der Waals surface area contributed by atoms with Crippen LogP contribution in [-0.2, 0) is 6.61 Å². The number of hydrogen-bond donors (Lipinski definition) is 1. The van der Waals surface area contributed by atoms with Crippen molar-refractivity contribution in [2.45, 2.75) is 6.61 Å². The van der Waals surface area contributed by atoms with E-state index in [-0.39, 0.29) is 12.4 Å². The lowest BCUT2D eigenvalue weighted by molar-refractivity contribution is 0.306. The number of nitrogen functional groups attached to an aromatic ring is 1. The Hall–Kier alpha value is -2.43. The van der Waals surface area contributed by atoms with E-state index in [4.69, 9.17) is 15.2 Å².